The van der Waals surface area contributed by atoms with Crippen LogP contribution in [-0.2, 0) is 5.54 Å². The van der Waals surface area contributed by atoms with Crippen molar-refractivity contribution in [2.45, 2.75) is 12.5 Å². The molecule has 2 aromatic carbocycles. The monoisotopic (exact) mass is 296 g/mol. The molecule has 1 atom stereocenters. The van der Waals surface area contributed by atoms with Crippen molar-refractivity contribution in [1.82, 2.24) is 4.98 Å². The molecule has 0 aliphatic heterocycles. The highest BCUT2D eigenvalue weighted by molar-refractivity contribution is 6.19. The lowest BCUT2D eigenvalue weighted by molar-refractivity contribution is 0.615. The van der Waals surface area contributed by atoms with Crippen LogP contribution in [0.5, 0.6) is 0 Å². The van der Waals surface area contributed by atoms with E-state index in [1.807, 2.05) is 42.6 Å². The average molecular weight is 297 g/mol. The number of alkyl halides is 1. The summed E-state index contributed by atoms with van der Waals surface area (Å²) in [4.78, 5) is 4.50. The van der Waals surface area contributed by atoms with E-state index in [0.717, 1.165) is 16.8 Å². The SMILES string of the molecule is CC(CCl)(Nc1nccc2ccccc12)c1ccccc1. The van der Waals surface area contributed by atoms with Gasteiger partial charge in [-0.05, 0) is 23.9 Å². The van der Waals surface area contributed by atoms with Gasteiger partial charge in [-0.3, -0.25) is 0 Å². The molecule has 0 amide bonds. The van der Waals surface area contributed by atoms with Crippen molar-refractivity contribution in [3.63, 3.8) is 0 Å². The van der Waals surface area contributed by atoms with Crippen molar-refractivity contribution in [3.05, 3.63) is 72.4 Å². The third-order valence-corrected chi connectivity index (χ3v) is 4.28. The zero-order chi connectivity index (χ0) is 14.7. The van der Waals surface area contributed by atoms with Gasteiger partial charge in [-0.1, -0.05) is 54.6 Å². The minimum Gasteiger partial charge on any atom is -0.359 e. The summed E-state index contributed by atoms with van der Waals surface area (Å²) < 4.78 is 0. The summed E-state index contributed by atoms with van der Waals surface area (Å²) in [5, 5.41) is 5.79. The Bertz CT molecular complexity index is 737. The molecule has 3 rings (SSSR count). The number of rotatable bonds is 4. The summed E-state index contributed by atoms with van der Waals surface area (Å²) in [6.07, 6.45) is 1.82. The van der Waals surface area contributed by atoms with Gasteiger partial charge >= 0.3 is 0 Å². The number of aromatic nitrogens is 1. The molecular formula is C18H17ClN2. The highest BCUT2D eigenvalue weighted by atomic mass is 35.5. The van der Waals surface area contributed by atoms with Crippen molar-refractivity contribution in [2.24, 2.45) is 0 Å². The lowest BCUT2D eigenvalue weighted by Gasteiger charge is -2.30. The van der Waals surface area contributed by atoms with E-state index < -0.39 is 0 Å². The molecule has 2 nitrogen and oxygen atoms in total. The summed E-state index contributed by atoms with van der Waals surface area (Å²) in [6, 6.07) is 20.5. The van der Waals surface area contributed by atoms with E-state index in [0.29, 0.717) is 5.88 Å². The summed E-state index contributed by atoms with van der Waals surface area (Å²) >= 11 is 6.25. The van der Waals surface area contributed by atoms with Crippen LogP contribution in [0, 0.1) is 0 Å². The number of anilines is 1. The molecule has 1 N–H and O–H groups in total. The zero-order valence-electron chi connectivity index (χ0n) is 11.9. The molecule has 1 aromatic heterocycles. The summed E-state index contributed by atoms with van der Waals surface area (Å²) in [5.41, 5.74) is 0.787. The fourth-order valence-electron chi connectivity index (χ4n) is 2.47. The Morgan fingerprint density at radius 3 is 2.48 bits per heavy atom. The third-order valence-electron chi connectivity index (χ3n) is 3.75. The molecule has 3 aromatic rings. The molecule has 21 heavy (non-hydrogen) atoms. The van der Waals surface area contributed by atoms with Crippen LogP contribution in [0.1, 0.15) is 12.5 Å². The Balaban J connectivity index is 2.04. The quantitative estimate of drug-likeness (QED) is 0.699. The van der Waals surface area contributed by atoms with Crippen molar-refractivity contribution in [2.75, 3.05) is 11.2 Å². The third kappa shape index (κ3) is 2.72. The molecular weight excluding hydrogens is 280 g/mol. The summed E-state index contributed by atoms with van der Waals surface area (Å²) in [7, 11) is 0. The lowest BCUT2D eigenvalue weighted by Crippen LogP contribution is -2.34. The molecule has 0 bridgehead atoms. The standard InChI is InChI=1S/C18H17ClN2/c1-18(13-19,15-8-3-2-4-9-15)21-17-16-10-6-5-7-14(16)11-12-20-17/h2-12H,13H2,1H3,(H,20,21). The zero-order valence-corrected chi connectivity index (χ0v) is 12.6. The highest BCUT2D eigenvalue weighted by Gasteiger charge is 2.26. The molecule has 3 heteroatoms. The molecule has 1 heterocycles. The first-order chi connectivity index (χ1) is 10.2. The fraction of sp³-hybridized carbons (Fsp3) is 0.167. The molecule has 0 aliphatic carbocycles. The molecule has 1 unspecified atom stereocenters. The van der Waals surface area contributed by atoms with E-state index in [1.54, 1.807) is 0 Å². The number of fused-ring (bicyclic) bond motifs is 1. The molecule has 106 valence electrons. The largest absolute Gasteiger partial charge is 0.359 e. The first-order valence-corrected chi connectivity index (χ1v) is 7.50. The van der Waals surface area contributed by atoms with Gasteiger partial charge in [-0.2, -0.15) is 0 Å². The van der Waals surface area contributed by atoms with E-state index in [1.165, 1.54) is 5.39 Å². The maximum atomic E-state index is 6.25. The van der Waals surface area contributed by atoms with Gasteiger partial charge < -0.3 is 5.32 Å². The second-order valence-corrected chi connectivity index (χ2v) is 5.60. The summed E-state index contributed by atoms with van der Waals surface area (Å²) in [6.45, 7) is 2.10. The van der Waals surface area contributed by atoms with Gasteiger partial charge in [0, 0.05) is 17.5 Å². The van der Waals surface area contributed by atoms with Crippen molar-refractivity contribution >= 4 is 28.2 Å². The van der Waals surface area contributed by atoms with Crippen LogP contribution in [0.4, 0.5) is 5.82 Å². The van der Waals surface area contributed by atoms with Crippen molar-refractivity contribution in [1.29, 1.82) is 0 Å². The first-order valence-electron chi connectivity index (χ1n) is 6.96. The van der Waals surface area contributed by atoms with Crippen LogP contribution in [0.2, 0.25) is 0 Å². The van der Waals surface area contributed by atoms with Gasteiger partial charge in [0.1, 0.15) is 5.82 Å². The van der Waals surface area contributed by atoms with Crippen LogP contribution in [0.15, 0.2) is 66.9 Å². The van der Waals surface area contributed by atoms with Gasteiger partial charge in [0.25, 0.3) is 0 Å². The second-order valence-electron chi connectivity index (χ2n) is 5.34. The Morgan fingerprint density at radius 2 is 1.71 bits per heavy atom. The Hall–Kier alpha value is -2.06. The maximum absolute atomic E-state index is 6.25. The Labute approximate surface area is 129 Å². The second kappa shape index (κ2) is 5.74. The predicted molar refractivity (Wildman–Crippen MR) is 89.9 cm³/mol. The van der Waals surface area contributed by atoms with E-state index in [9.17, 15) is 0 Å². The Kier molecular flexibility index (Phi) is 3.80. The number of nitrogens with zero attached hydrogens (tertiary/aromatic N) is 1. The molecule has 0 spiro atoms. The number of nitrogens with one attached hydrogen (secondary N) is 1. The minimum atomic E-state index is -0.361. The maximum Gasteiger partial charge on any atom is 0.134 e. The van der Waals surface area contributed by atoms with Crippen LogP contribution in [-0.4, -0.2) is 10.9 Å². The molecule has 0 fully saturated rings. The van der Waals surface area contributed by atoms with Gasteiger partial charge in [0.2, 0.25) is 0 Å². The Morgan fingerprint density at radius 1 is 1.00 bits per heavy atom. The van der Waals surface area contributed by atoms with Crippen molar-refractivity contribution < 1.29 is 0 Å². The molecule has 0 aliphatic rings. The van der Waals surface area contributed by atoms with Crippen LogP contribution < -0.4 is 5.32 Å². The van der Waals surface area contributed by atoms with Crippen molar-refractivity contribution in [3.8, 4) is 0 Å². The molecule has 0 saturated heterocycles. The smallest absolute Gasteiger partial charge is 0.134 e. The summed E-state index contributed by atoms with van der Waals surface area (Å²) in [5.74, 6) is 1.32. The van der Waals surface area contributed by atoms with Crippen LogP contribution >= 0.6 is 11.6 Å². The van der Waals surface area contributed by atoms with E-state index >= 15 is 0 Å². The molecule has 0 radical (unpaired) electrons. The molecule has 0 saturated carbocycles. The number of halogens is 1. The van der Waals surface area contributed by atoms with Crippen LogP contribution in [0.3, 0.4) is 0 Å². The topological polar surface area (TPSA) is 24.9 Å². The predicted octanol–water partition coefficient (Wildman–Crippen LogP) is 4.80. The van der Waals surface area contributed by atoms with Gasteiger partial charge in [-0.15, -0.1) is 11.6 Å². The van der Waals surface area contributed by atoms with Gasteiger partial charge in [0.05, 0.1) is 5.54 Å². The number of hydrogen-bond donors (Lipinski definition) is 1. The number of pyridine rings is 1. The van der Waals surface area contributed by atoms with E-state index in [4.69, 9.17) is 11.6 Å². The van der Waals surface area contributed by atoms with Gasteiger partial charge in [-0.25, -0.2) is 4.98 Å². The first kappa shape index (κ1) is 13.9. The normalized spacial score (nSPS) is 13.8. The average Bonchev–Trinajstić information content (AvgIpc) is 2.56. The number of hydrogen-bond acceptors (Lipinski definition) is 2. The van der Waals surface area contributed by atoms with E-state index in [-0.39, 0.29) is 5.54 Å². The van der Waals surface area contributed by atoms with Crippen LogP contribution in [0.25, 0.3) is 10.8 Å². The fourth-order valence-corrected chi connectivity index (χ4v) is 2.69. The number of benzene rings is 2. The van der Waals surface area contributed by atoms with E-state index in [2.05, 4.69) is 41.5 Å². The lowest BCUT2D eigenvalue weighted by atomic mass is 9.94. The minimum absolute atomic E-state index is 0.361. The van der Waals surface area contributed by atoms with Gasteiger partial charge in [0.15, 0.2) is 0 Å². The highest BCUT2D eigenvalue weighted by Crippen LogP contribution is 2.30.